The van der Waals surface area contributed by atoms with Gasteiger partial charge in [-0.1, -0.05) is 12.7 Å². The molecule has 0 aliphatic heterocycles. The van der Waals surface area contributed by atoms with Crippen LogP contribution in [-0.4, -0.2) is 27.2 Å². The second-order valence-electron chi connectivity index (χ2n) is 4.96. The highest BCUT2D eigenvalue weighted by atomic mass is 14.9. The highest BCUT2D eigenvalue weighted by molar-refractivity contribution is 6.13. The minimum Gasteiger partial charge on any atom is -0.380 e. The van der Waals surface area contributed by atoms with Gasteiger partial charge in [0.05, 0.1) is 23.3 Å². The van der Waals surface area contributed by atoms with Crippen molar-refractivity contribution in [3.63, 3.8) is 0 Å². The Kier molecular flexibility index (Phi) is 4.78. The van der Waals surface area contributed by atoms with E-state index in [-0.39, 0.29) is 0 Å². The highest BCUT2D eigenvalue weighted by Crippen LogP contribution is 2.24. The molecule has 2 rings (SSSR count). The Labute approximate surface area is 130 Å². The van der Waals surface area contributed by atoms with Crippen LogP contribution in [-0.2, 0) is 0 Å². The first kappa shape index (κ1) is 15.6. The predicted octanol–water partition coefficient (Wildman–Crippen LogP) is 3.39. The fourth-order valence-electron chi connectivity index (χ4n) is 1.90. The Morgan fingerprint density at radius 3 is 2.55 bits per heavy atom. The second kappa shape index (κ2) is 6.76. The lowest BCUT2D eigenvalue weighted by molar-refractivity contribution is 1.05. The number of aromatic nitrogens is 3. The topological polar surface area (TPSA) is 74.6 Å². The molecule has 5 heteroatoms. The van der Waals surface area contributed by atoms with E-state index in [1.807, 2.05) is 19.9 Å². The molecule has 0 bridgehead atoms. The molecular weight excluding hydrogens is 274 g/mol. The van der Waals surface area contributed by atoms with Crippen LogP contribution in [0.5, 0.6) is 0 Å². The number of aryl methyl sites for hydroxylation is 1. The van der Waals surface area contributed by atoms with Gasteiger partial charge < -0.3 is 5.32 Å². The van der Waals surface area contributed by atoms with Crippen molar-refractivity contribution in [2.45, 2.75) is 13.8 Å². The molecule has 0 unspecified atom stereocenters. The van der Waals surface area contributed by atoms with E-state index in [0.29, 0.717) is 23.7 Å². The van der Waals surface area contributed by atoms with Crippen molar-refractivity contribution in [1.82, 2.24) is 15.0 Å². The summed E-state index contributed by atoms with van der Waals surface area (Å²) in [7, 11) is 0. The lowest BCUT2D eigenvalue weighted by atomic mass is 10.0. The zero-order chi connectivity index (χ0) is 16.1. The van der Waals surface area contributed by atoms with Gasteiger partial charge in [0.15, 0.2) is 0 Å². The number of hydrogen-bond donors (Lipinski definition) is 2. The SMILES string of the molecule is C=CCNc1cnc(-c2cnc(C)nc2)cc1C(=N)C(=C)C. The largest absolute Gasteiger partial charge is 0.380 e. The van der Waals surface area contributed by atoms with E-state index in [4.69, 9.17) is 5.41 Å². The zero-order valence-corrected chi connectivity index (χ0v) is 12.8. The van der Waals surface area contributed by atoms with Crippen molar-refractivity contribution in [2.75, 3.05) is 11.9 Å². The van der Waals surface area contributed by atoms with Crippen molar-refractivity contribution < 1.29 is 0 Å². The van der Waals surface area contributed by atoms with E-state index >= 15 is 0 Å². The summed E-state index contributed by atoms with van der Waals surface area (Å²) in [5.41, 5.74) is 4.15. The van der Waals surface area contributed by atoms with Gasteiger partial charge in [0.2, 0.25) is 0 Å². The maximum absolute atomic E-state index is 8.23. The van der Waals surface area contributed by atoms with Crippen molar-refractivity contribution in [1.29, 1.82) is 5.41 Å². The molecule has 0 fully saturated rings. The zero-order valence-electron chi connectivity index (χ0n) is 12.8. The number of hydrogen-bond acceptors (Lipinski definition) is 5. The minimum atomic E-state index is 0.378. The summed E-state index contributed by atoms with van der Waals surface area (Å²) in [6.45, 7) is 11.8. The molecule has 0 aliphatic rings. The molecule has 0 aromatic carbocycles. The van der Waals surface area contributed by atoms with Crippen LogP contribution in [0.4, 0.5) is 5.69 Å². The predicted molar refractivity (Wildman–Crippen MR) is 90.3 cm³/mol. The quantitative estimate of drug-likeness (QED) is 0.632. The maximum atomic E-state index is 8.23. The van der Waals surface area contributed by atoms with Gasteiger partial charge in [-0.2, -0.15) is 0 Å². The number of allylic oxidation sites excluding steroid dienone is 1. The van der Waals surface area contributed by atoms with Crippen molar-refractivity contribution in [3.8, 4) is 11.3 Å². The molecule has 0 saturated carbocycles. The van der Waals surface area contributed by atoms with Crippen LogP contribution in [0.1, 0.15) is 18.3 Å². The van der Waals surface area contributed by atoms with Gasteiger partial charge in [0.1, 0.15) is 5.82 Å². The fourth-order valence-corrected chi connectivity index (χ4v) is 1.90. The lowest BCUT2D eigenvalue weighted by Gasteiger charge is -2.13. The summed E-state index contributed by atoms with van der Waals surface area (Å²) < 4.78 is 0. The van der Waals surface area contributed by atoms with Gasteiger partial charge in [-0.25, -0.2) is 9.97 Å². The number of pyridine rings is 1. The standard InChI is InChI=1S/C17H19N5/c1-5-6-19-16-10-22-15(7-14(16)17(18)11(2)3)13-8-20-12(4)21-9-13/h5,7-10,18-19H,1-2,6H2,3-4H3. The Balaban J connectivity index is 2.48. The molecule has 0 aliphatic carbocycles. The summed E-state index contributed by atoms with van der Waals surface area (Å²) in [5.74, 6) is 0.711. The van der Waals surface area contributed by atoms with Crippen LogP contribution in [0.3, 0.4) is 0 Å². The van der Waals surface area contributed by atoms with E-state index < -0.39 is 0 Å². The number of rotatable bonds is 6. The molecule has 2 aromatic rings. The molecule has 0 spiro atoms. The van der Waals surface area contributed by atoms with Crippen molar-refractivity contribution >= 4 is 11.4 Å². The van der Waals surface area contributed by atoms with E-state index in [0.717, 1.165) is 22.5 Å². The first-order valence-electron chi connectivity index (χ1n) is 6.91. The van der Waals surface area contributed by atoms with Gasteiger partial charge in [0.25, 0.3) is 0 Å². The third-order valence-corrected chi connectivity index (χ3v) is 3.11. The van der Waals surface area contributed by atoms with Crippen LogP contribution >= 0.6 is 0 Å². The molecule has 0 amide bonds. The van der Waals surface area contributed by atoms with Gasteiger partial charge in [-0.3, -0.25) is 10.4 Å². The highest BCUT2D eigenvalue weighted by Gasteiger charge is 2.12. The van der Waals surface area contributed by atoms with Crippen LogP contribution < -0.4 is 5.32 Å². The molecule has 112 valence electrons. The van der Waals surface area contributed by atoms with Crippen LogP contribution in [0, 0.1) is 12.3 Å². The molecule has 5 nitrogen and oxygen atoms in total. The van der Waals surface area contributed by atoms with Crippen LogP contribution in [0.2, 0.25) is 0 Å². The van der Waals surface area contributed by atoms with Gasteiger partial charge >= 0.3 is 0 Å². The smallest absolute Gasteiger partial charge is 0.125 e. The molecule has 2 heterocycles. The number of nitrogens with one attached hydrogen (secondary N) is 2. The van der Waals surface area contributed by atoms with Crippen LogP contribution in [0.25, 0.3) is 11.3 Å². The Hall–Kier alpha value is -2.82. The Morgan fingerprint density at radius 2 is 1.95 bits per heavy atom. The van der Waals surface area contributed by atoms with E-state index in [1.165, 1.54) is 0 Å². The van der Waals surface area contributed by atoms with E-state index in [9.17, 15) is 0 Å². The molecule has 22 heavy (non-hydrogen) atoms. The molecule has 0 atom stereocenters. The molecule has 0 radical (unpaired) electrons. The molecule has 2 N–H and O–H groups in total. The third-order valence-electron chi connectivity index (χ3n) is 3.11. The lowest BCUT2D eigenvalue weighted by Crippen LogP contribution is -2.09. The summed E-state index contributed by atoms with van der Waals surface area (Å²) in [6, 6.07) is 1.86. The monoisotopic (exact) mass is 293 g/mol. The summed E-state index contributed by atoms with van der Waals surface area (Å²) in [4.78, 5) is 12.8. The van der Waals surface area contributed by atoms with E-state index in [2.05, 4.69) is 33.4 Å². The average molecular weight is 293 g/mol. The Morgan fingerprint density at radius 1 is 1.27 bits per heavy atom. The minimum absolute atomic E-state index is 0.378. The van der Waals surface area contributed by atoms with Crippen molar-refractivity contribution in [2.24, 2.45) is 0 Å². The van der Waals surface area contributed by atoms with Crippen molar-refractivity contribution in [3.05, 3.63) is 60.9 Å². The summed E-state index contributed by atoms with van der Waals surface area (Å²) in [5, 5.41) is 11.4. The first-order chi connectivity index (χ1) is 10.5. The van der Waals surface area contributed by atoms with Gasteiger partial charge in [0, 0.05) is 30.1 Å². The first-order valence-corrected chi connectivity index (χ1v) is 6.91. The van der Waals surface area contributed by atoms with Gasteiger partial charge in [-0.15, -0.1) is 6.58 Å². The van der Waals surface area contributed by atoms with Crippen LogP contribution in [0.15, 0.2) is 49.5 Å². The number of anilines is 1. The summed E-state index contributed by atoms with van der Waals surface area (Å²) >= 11 is 0. The summed E-state index contributed by atoms with van der Waals surface area (Å²) in [6.07, 6.45) is 6.94. The fraction of sp³-hybridized carbons (Fsp3) is 0.176. The molecule has 0 saturated heterocycles. The maximum Gasteiger partial charge on any atom is 0.125 e. The molecule has 2 aromatic heterocycles. The second-order valence-corrected chi connectivity index (χ2v) is 4.96. The average Bonchev–Trinajstić information content (AvgIpc) is 2.52. The third kappa shape index (κ3) is 3.44. The Bertz CT molecular complexity index is 716. The van der Waals surface area contributed by atoms with Gasteiger partial charge in [-0.05, 0) is 25.5 Å². The molecular formula is C17H19N5. The number of nitrogens with zero attached hydrogens (tertiary/aromatic N) is 3. The van der Waals surface area contributed by atoms with E-state index in [1.54, 1.807) is 24.7 Å². The normalized spacial score (nSPS) is 10.1.